The van der Waals surface area contributed by atoms with Crippen LogP contribution in [0, 0.1) is 0 Å². The average molecular weight is 163 g/mol. The van der Waals surface area contributed by atoms with Gasteiger partial charge in [-0.3, -0.25) is 4.98 Å². The van der Waals surface area contributed by atoms with Crippen molar-refractivity contribution in [1.82, 2.24) is 4.98 Å². The summed E-state index contributed by atoms with van der Waals surface area (Å²) in [6.45, 7) is 4.07. The molecular weight excluding hydrogens is 150 g/mol. The molecule has 0 bridgehead atoms. The Morgan fingerprint density at radius 2 is 2.42 bits per heavy atom. The van der Waals surface area contributed by atoms with Gasteiger partial charge in [-0.05, 0) is 11.6 Å². The largest absolute Gasteiger partial charge is 0.329 e. The quantitative estimate of drug-likeness (QED) is 0.688. The molecule has 3 nitrogen and oxygen atoms in total. The van der Waals surface area contributed by atoms with Gasteiger partial charge in [-0.2, -0.15) is 0 Å². The fraction of sp³-hybridized carbons (Fsp3) is 0.222. The van der Waals surface area contributed by atoms with Crippen molar-refractivity contribution in [2.24, 2.45) is 11.5 Å². The van der Waals surface area contributed by atoms with Crippen molar-refractivity contribution in [3.63, 3.8) is 0 Å². The maximum Gasteiger partial charge on any atom is 0.0655 e. The van der Waals surface area contributed by atoms with Gasteiger partial charge in [0.25, 0.3) is 0 Å². The van der Waals surface area contributed by atoms with Gasteiger partial charge in [0.15, 0.2) is 0 Å². The Balaban J connectivity index is 3.04. The Labute approximate surface area is 72.1 Å². The van der Waals surface area contributed by atoms with Crippen molar-refractivity contribution < 1.29 is 0 Å². The molecule has 0 aliphatic heterocycles. The highest BCUT2D eigenvalue weighted by atomic mass is 14.8. The van der Waals surface area contributed by atoms with Crippen LogP contribution in [0.2, 0.25) is 0 Å². The van der Waals surface area contributed by atoms with Crippen LogP contribution in [-0.4, -0.2) is 11.5 Å². The second-order valence-electron chi connectivity index (χ2n) is 2.52. The number of hydrogen-bond donors (Lipinski definition) is 2. The number of nitrogens with two attached hydrogens (primary N) is 2. The number of nitrogens with zero attached hydrogens (tertiary/aromatic N) is 1. The van der Waals surface area contributed by atoms with Crippen molar-refractivity contribution in [1.29, 1.82) is 0 Å². The van der Waals surface area contributed by atoms with Crippen LogP contribution in [-0.2, 0) is 0 Å². The summed E-state index contributed by atoms with van der Waals surface area (Å²) in [6.07, 6.45) is 3.44. The van der Waals surface area contributed by atoms with Gasteiger partial charge in [-0.1, -0.05) is 18.7 Å². The summed E-state index contributed by atoms with van der Waals surface area (Å²) in [5, 5.41) is 0. The molecule has 1 rings (SSSR count). The van der Waals surface area contributed by atoms with Gasteiger partial charge in [0, 0.05) is 12.7 Å². The van der Waals surface area contributed by atoms with E-state index in [4.69, 9.17) is 11.5 Å². The zero-order valence-electron chi connectivity index (χ0n) is 6.90. The second kappa shape index (κ2) is 3.99. The van der Waals surface area contributed by atoms with Crippen LogP contribution in [0.3, 0.4) is 0 Å². The highest BCUT2D eigenvalue weighted by molar-refractivity contribution is 5.50. The third-order valence-corrected chi connectivity index (χ3v) is 1.70. The first-order valence-electron chi connectivity index (χ1n) is 3.82. The molecule has 12 heavy (non-hydrogen) atoms. The van der Waals surface area contributed by atoms with E-state index in [1.807, 2.05) is 12.1 Å². The first-order valence-corrected chi connectivity index (χ1v) is 3.82. The Bertz CT molecular complexity index is 270. The monoisotopic (exact) mass is 163 g/mol. The van der Waals surface area contributed by atoms with E-state index in [1.165, 1.54) is 0 Å². The molecule has 0 saturated heterocycles. The number of rotatable bonds is 3. The Morgan fingerprint density at radius 3 is 3.00 bits per heavy atom. The summed E-state index contributed by atoms with van der Waals surface area (Å²) < 4.78 is 0. The van der Waals surface area contributed by atoms with E-state index in [2.05, 4.69) is 11.6 Å². The summed E-state index contributed by atoms with van der Waals surface area (Å²) in [4.78, 5) is 4.14. The minimum absolute atomic E-state index is 0.195. The van der Waals surface area contributed by atoms with Gasteiger partial charge in [0.1, 0.15) is 0 Å². The van der Waals surface area contributed by atoms with Crippen LogP contribution < -0.4 is 11.5 Å². The van der Waals surface area contributed by atoms with Gasteiger partial charge >= 0.3 is 0 Å². The first-order chi connectivity index (χ1) is 5.79. The van der Waals surface area contributed by atoms with Crippen LogP contribution in [0.1, 0.15) is 17.3 Å². The van der Waals surface area contributed by atoms with E-state index in [-0.39, 0.29) is 6.04 Å². The molecule has 0 aliphatic carbocycles. The highest BCUT2D eigenvalue weighted by Crippen LogP contribution is 2.12. The lowest BCUT2D eigenvalue weighted by atomic mass is 10.1. The zero-order chi connectivity index (χ0) is 8.97. The molecule has 0 unspecified atom stereocenters. The van der Waals surface area contributed by atoms with Crippen molar-refractivity contribution in [3.05, 3.63) is 36.2 Å². The van der Waals surface area contributed by atoms with E-state index in [1.54, 1.807) is 12.3 Å². The second-order valence-corrected chi connectivity index (χ2v) is 2.52. The molecule has 0 amide bonds. The predicted octanol–water partition coefficient (Wildman–Crippen LogP) is 0.683. The number of pyridine rings is 1. The van der Waals surface area contributed by atoms with Crippen LogP contribution in [0.25, 0.3) is 6.08 Å². The molecule has 3 heteroatoms. The summed E-state index contributed by atoms with van der Waals surface area (Å²) >= 11 is 0. The van der Waals surface area contributed by atoms with Gasteiger partial charge in [-0.25, -0.2) is 0 Å². The van der Waals surface area contributed by atoms with E-state index >= 15 is 0 Å². The van der Waals surface area contributed by atoms with Crippen LogP contribution >= 0.6 is 0 Å². The van der Waals surface area contributed by atoms with E-state index in [0.717, 1.165) is 11.3 Å². The lowest BCUT2D eigenvalue weighted by molar-refractivity contribution is 0.709. The molecule has 1 atom stereocenters. The van der Waals surface area contributed by atoms with E-state index < -0.39 is 0 Å². The molecule has 1 heterocycles. The molecule has 0 aliphatic rings. The molecule has 0 aromatic carbocycles. The van der Waals surface area contributed by atoms with Crippen molar-refractivity contribution >= 4 is 6.08 Å². The Kier molecular flexibility index (Phi) is 2.96. The third kappa shape index (κ3) is 1.69. The summed E-state index contributed by atoms with van der Waals surface area (Å²) in [6, 6.07) is 3.58. The topological polar surface area (TPSA) is 64.9 Å². The molecule has 4 N–H and O–H groups in total. The minimum Gasteiger partial charge on any atom is -0.329 e. The lowest BCUT2D eigenvalue weighted by Gasteiger charge is -2.10. The predicted molar refractivity (Wildman–Crippen MR) is 50.3 cm³/mol. The van der Waals surface area contributed by atoms with Gasteiger partial charge < -0.3 is 11.5 Å². The molecule has 0 radical (unpaired) electrons. The number of aromatic nitrogens is 1. The summed E-state index contributed by atoms with van der Waals surface area (Å²) in [5.74, 6) is 0. The Morgan fingerprint density at radius 1 is 1.67 bits per heavy atom. The normalized spacial score (nSPS) is 12.5. The van der Waals surface area contributed by atoms with Crippen LogP contribution in [0.5, 0.6) is 0 Å². The molecule has 1 aromatic rings. The summed E-state index contributed by atoms with van der Waals surface area (Å²) in [5.41, 5.74) is 12.9. The first kappa shape index (κ1) is 8.90. The van der Waals surface area contributed by atoms with Crippen LogP contribution in [0.4, 0.5) is 0 Å². The van der Waals surface area contributed by atoms with Crippen molar-refractivity contribution in [2.45, 2.75) is 6.04 Å². The standard InChI is InChI=1S/C9H13N3/c1-2-7-4-3-5-12-9(7)8(11)6-10/h2-5,8H,1,6,10-11H2/t8-/m1/s1. The van der Waals surface area contributed by atoms with Crippen LogP contribution in [0.15, 0.2) is 24.9 Å². The SMILES string of the molecule is C=Cc1cccnc1[C@H](N)CN. The Hall–Kier alpha value is -1.19. The zero-order valence-corrected chi connectivity index (χ0v) is 6.90. The number of hydrogen-bond acceptors (Lipinski definition) is 3. The average Bonchev–Trinajstić information content (AvgIpc) is 2.16. The van der Waals surface area contributed by atoms with Gasteiger partial charge in [0.05, 0.1) is 11.7 Å². The van der Waals surface area contributed by atoms with Crippen molar-refractivity contribution in [3.8, 4) is 0 Å². The molecule has 1 aromatic heterocycles. The van der Waals surface area contributed by atoms with E-state index in [0.29, 0.717) is 6.54 Å². The summed E-state index contributed by atoms with van der Waals surface area (Å²) in [7, 11) is 0. The molecule has 64 valence electrons. The maximum absolute atomic E-state index is 5.74. The molecular formula is C9H13N3. The minimum atomic E-state index is -0.195. The fourth-order valence-corrected chi connectivity index (χ4v) is 1.02. The molecule has 0 fully saturated rings. The smallest absolute Gasteiger partial charge is 0.0655 e. The lowest BCUT2D eigenvalue weighted by Crippen LogP contribution is -2.22. The van der Waals surface area contributed by atoms with Gasteiger partial charge in [-0.15, -0.1) is 0 Å². The third-order valence-electron chi connectivity index (χ3n) is 1.70. The maximum atomic E-state index is 5.74. The van der Waals surface area contributed by atoms with Crippen molar-refractivity contribution in [2.75, 3.05) is 6.54 Å². The molecule has 0 saturated carbocycles. The highest BCUT2D eigenvalue weighted by Gasteiger charge is 2.07. The van der Waals surface area contributed by atoms with E-state index in [9.17, 15) is 0 Å². The van der Waals surface area contributed by atoms with Gasteiger partial charge in [0.2, 0.25) is 0 Å². The fourth-order valence-electron chi connectivity index (χ4n) is 1.02. The molecule has 0 spiro atoms.